The molecule has 140 valence electrons. The molecule has 7 heteroatoms. The van der Waals surface area contributed by atoms with Gasteiger partial charge in [0.25, 0.3) is 5.56 Å². The van der Waals surface area contributed by atoms with Crippen LogP contribution in [0.4, 0.5) is 0 Å². The van der Waals surface area contributed by atoms with Crippen LogP contribution in [0, 0.1) is 17.2 Å². The number of aromatic nitrogens is 5. The van der Waals surface area contributed by atoms with Crippen LogP contribution in [0.3, 0.4) is 0 Å². The van der Waals surface area contributed by atoms with Crippen LogP contribution in [0.1, 0.15) is 63.0 Å². The van der Waals surface area contributed by atoms with E-state index in [0.717, 1.165) is 12.1 Å². The van der Waals surface area contributed by atoms with E-state index in [2.05, 4.69) is 21.3 Å². The Labute approximate surface area is 157 Å². The molecule has 0 aliphatic heterocycles. The lowest BCUT2D eigenvalue weighted by Crippen LogP contribution is -2.22. The molecule has 1 aliphatic carbocycles. The van der Waals surface area contributed by atoms with Crippen LogP contribution >= 0.6 is 0 Å². The molecule has 3 aromatic heterocycles. The fourth-order valence-electron chi connectivity index (χ4n) is 4.07. The van der Waals surface area contributed by atoms with E-state index in [-0.39, 0.29) is 11.5 Å². The summed E-state index contributed by atoms with van der Waals surface area (Å²) < 4.78 is 3.32. The van der Waals surface area contributed by atoms with Crippen LogP contribution in [0.25, 0.3) is 16.9 Å². The zero-order valence-corrected chi connectivity index (χ0v) is 15.8. The molecule has 3 aromatic rings. The van der Waals surface area contributed by atoms with E-state index in [1.165, 1.54) is 42.8 Å². The van der Waals surface area contributed by atoms with Gasteiger partial charge in [0.05, 0.1) is 11.9 Å². The van der Waals surface area contributed by atoms with E-state index in [1.54, 1.807) is 6.20 Å². The Balaban J connectivity index is 1.77. The molecular weight excluding hydrogens is 340 g/mol. The van der Waals surface area contributed by atoms with E-state index in [0.29, 0.717) is 28.4 Å². The molecule has 3 heterocycles. The van der Waals surface area contributed by atoms with Crippen molar-refractivity contribution in [1.29, 1.82) is 5.26 Å². The van der Waals surface area contributed by atoms with Gasteiger partial charge in [-0.2, -0.15) is 10.4 Å². The maximum absolute atomic E-state index is 13.0. The lowest BCUT2D eigenvalue weighted by atomic mass is 9.89. The van der Waals surface area contributed by atoms with Crippen LogP contribution in [-0.4, -0.2) is 24.4 Å². The summed E-state index contributed by atoms with van der Waals surface area (Å²) in [5.41, 5.74) is 2.66. The Morgan fingerprint density at radius 1 is 1.33 bits per heavy atom. The molecule has 1 aliphatic rings. The molecule has 0 radical (unpaired) electrons. The minimum Gasteiger partial charge on any atom is -0.295 e. The second-order valence-electron chi connectivity index (χ2n) is 7.75. The van der Waals surface area contributed by atoms with Crippen molar-refractivity contribution in [2.45, 2.75) is 58.4 Å². The molecule has 7 nitrogen and oxygen atoms in total. The molecule has 1 saturated carbocycles. The second kappa shape index (κ2) is 7.03. The Kier molecular flexibility index (Phi) is 4.56. The molecule has 0 saturated heterocycles. The lowest BCUT2D eigenvalue weighted by Gasteiger charge is -2.21. The van der Waals surface area contributed by atoms with Gasteiger partial charge >= 0.3 is 0 Å². The van der Waals surface area contributed by atoms with Crippen molar-refractivity contribution in [2.24, 2.45) is 5.92 Å². The number of rotatable bonds is 4. The van der Waals surface area contributed by atoms with Crippen LogP contribution < -0.4 is 5.56 Å². The normalized spacial score (nSPS) is 15.5. The lowest BCUT2D eigenvalue weighted by molar-refractivity contribution is 0.308. The number of fused-ring (bicyclic) bond motifs is 1. The van der Waals surface area contributed by atoms with Crippen molar-refractivity contribution in [2.75, 3.05) is 0 Å². The van der Waals surface area contributed by atoms with Crippen molar-refractivity contribution in [3.8, 4) is 17.3 Å². The van der Waals surface area contributed by atoms with Gasteiger partial charge in [-0.3, -0.25) is 14.6 Å². The highest BCUT2D eigenvalue weighted by Gasteiger charge is 2.21. The molecule has 1 N–H and O–H groups in total. The molecule has 0 unspecified atom stereocenters. The second-order valence-corrected chi connectivity index (χ2v) is 7.75. The van der Waals surface area contributed by atoms with Gasteiger partial charge in [-0.1, -0.05) is 33.1 Å². The summed E-state index contributed by atoms with van der Waals surface area (Å²) >= 11 is 0. The summed E-state index contributed by atoms with van der Waals surface area (Å²) in [7, 11) is 0. The fraction of sp³-hybridized carbons (Fsp3) is 0.500. The smallest absolute Gasteiger partial charge is 0.276 e. The van der Waals surface area contributed by atoms with Crippen molar-refractivity contribution in [3.05, 3.63) is 40.1 Å². The Morgan fingerprint density at radius 3 is 2.81 bits per heavy atom. The van der Waals surface area contributed by atoms with Crippen LogP contribution in [0.15, 0.2) is 23.4 Å². The third-order valence-electron chi connectivity index (χ3n) is 5.47. The topological polar surface area (TPSA) is 91.8 Å². The van der Waals surface area contributed by atoms with Gasteiger partial charge in [-0.25, -0.2) is 9.50 Å². The third kappa shape index (κ3) is 3.16. The van der Waals surface area contributed by atoms with Crippen LogP contribution in [0.5, 0.6) is 0 Å². The molecule has 27 heavy (non-hydrogen) atoms. The maximum Gasteiger partial charge on any atom is 0.276 e. The minimum absolute atomic E-state index is 0.00688. The highest BCUT2D eigenvalue weighted by molar-refractivity contribution is 5.67. The quantitative estimate of drug-likeness (QED) is 0.767. The Hall–Kier alpha value is -2.88. The zero-order chi connectivity index (χ0) is 19.0. The van der Waals surface area contributed by atoms with E-state index in [9.17, 15) is 10.1 Å². The summed E-state index contributed by atoms with van der Waals surface area (Å²) in [4.78, 5) is 17.6. The Bertz CT molecular complexity index is 1060. The fourth-order valence-corrected chi connectivity index (χ4v) is 4.07. The molecule has 0 spiro atoms. The highest BCUT2D eigenvalue weighted by atomic mass is 16.1. The average molecular weight is 364 g/mol. The summed E-state index contributed by atoms with van der Waals surface area (Å²) in [6, 6.07) is 2.09. The molecule has 0 bridgehead atoms. The molecule has 0 aromatic carbocycles. The number of nitrogens with one attached hydrogen (secondary N) is 1. The Morgan fingerprint density at radius 2 is 2.11 bits per heavy atom. The van der Waals surface area contributed by atoms with Gasteiger partial charge in [0.1, 0.15) is 11.6 Å². The molecule has 4 rings (SSSR count). The number of hydrogen-bond acceptors (Lipinski definition) is 4. The van der Waals surface area contributed by atoms with Crippen molar-refractivity contribution < 1.29 is 0 Å². The number of aromatic amines is 1. The summed E-state index contributed by atoms with van der Waals surface area (Å²) in [6.45, 7) is 4.87. The monoisotopic (exact) mass is 364 g/mol. The number of H-pyrrole nitrogens is 1. The first-order valence-electron chi connectivity index (χ1n) is 9.65. The van der Waals surface area contributed by atoms with E-state index in [1.807, 2.05) is 24.7 Å². The minimum atomic E-state index is -0.161. The molecule has 1 fully saturated rings. The van der Waals surface area contributed by atoms with E-state index in [4.69, 9.17) is 0 Å². The zero-order valence-electron chi connectivity index (χ0n) is 15.8. The number of hydrogen-bond donors (Lipinski definition) is 1. The van der Waals surface area contributed by atoms with Crippen molar-refractivity contribution in [3.63, 3.8) is 0 Å². The summed E-state index contributed by atoms with van der Waals surface area (Å²) in [5, 5.41) is 16.7. The standard InChI is InChI=1S/C20H24N6O/c1-13(2)17-18(24-19-15(8-21)9-23-26(19)20(17)27)16-10-22-25(12-16)11-14-6-4-3-5-7-14/h9-10,12-14,23H,3-7,11H2,1-2H3. The van der Waals surface area contributed by atoms with Gasteiger partial charge in [0.15, 0.2) is 5.65 Å². The van der Waals surface area contributed by atoms with Gasteiger partial charge in [0.2, 0.25) is 0 Å². The van der Waals surface area contributed by atoms with Crippen molar-refractivity contribution >= 4 is 5.65 Å². The van der Waals surface area contributed by atoms with E-state index >= 15 is 0 Å². The SMILES string of the molecule is CC(C)c1c(-c2cnn(CC3CCCCC3)c2)nc2c(C#N)c[nH]n2c1=O. The van der Waals surface area contributed by atoms with Gasteiger partial charge < -0.3 is 0 Å². The van der Waals surface area contributed by atoms with Crippen LogP contribution in [0.2, 0.25) is 0 Å². The first kappa shape index (κ1) is 17.5. The molecular formula is C20H24N6O. The largest absolute Gasteiger partial charge is 0.295 e. The molecule has 0 atom stereocenters. The first-order chi connectivity index (χ1) is 13.1. The van der Waals surface area contributed by atoms with Crippen LogP contribution in [-0.2, 0) is 6.54 Å². The number of nitrogens with zero attached hydrogens (tertiary/aromatic N) is 5. The van der Waals surface area contributed by atoms with Gasteiger partial charge in [0, 0.05) is 30.1 Å². The first-order valence-corrected chi connectivity index (χ1v) is 9.65. The predicted octanol–water partition coefficient (Wildman–Crippen LogP) is 3.46. The molecule has 0 amide bonds. The predicted molar refractivity (Wildman–Crippen MR) is 102 cm³/mol. The summed E-state index contributed by atoms with van der Waals surface area (Å²) in [5.74, 6) is 0.680. The van der Waals surface area contributed by atoms with E-state index < -0.39 is 0 Å². The third-order valence-corrected chi connectivity index (χ3v) is 5.47. The van der Waals surface area contributed by atoms with Gasteiger partial charge in [-0.05, 0) is 24.7 Å². The maximum atomic E-state index is 13.0. The van der Waals surface area contributed by atoms with Gasteiger partial charge in [-0.15, -0.1) is 0 Å². The number of nitriles is 1. The highest BCUT2D eigenvalue weighted by Crippen LogP contribution is 2.28. The van der Waals surface area contributed by atoms with Crippen molar-refractivity contribution in [1.82, 2.24) is 24.4 Å². The average Bonchev–Trinajstić information content (AvgIpc) is 3.28. The summed E-state index contributed by atoms with van der Waals surface area (Å²) in [6.07, 6.45) is 11.7.